The molecule has 1 aliphatic rings. The molecule has 0 bridgehead atoms. The molecule has 1 aliphatic heterocycles. The van der Waals surface area contributed by atoms with Crippen molar-refractivity contribution in [3.8, 4) is 11.5 Å². The van der Waals surface area contributed by atoms with Crippen molar-refractivity contribution in [3.05, 3.63) is 125 Å². The van der Waals surface area contributed by atoms with Crippen molar-refractivity contribution >= 4 is 30.3 Å². The third-order valence-electron chi connectivity index (χ3n) is 9.87. The van der Waals surface area contributed by atoms with E-state index in [0.717, 1.165) is 16.7 Å². The molecule has 14 heteroatoms. The number of anilines is 1. The second-order valence-electron chi connectivity index (χ2n) is 14.7. The van der Waals surface area contributed by atoms with Crippen molar-refractivity contribution in [2.45, 2.75) is 76.9 Å². The lowest BCUT2D eigenvalue weighted by Gasteiger charge is -2.48. The lowest BCUT2D eigenvalue weighted by atomic mass is 9.78. The second kappa shape index (κ2) is 18.0. The molecular weight excluding hydrogens is 735 g/mol. The Morgan fingerprint density at radius 2 is 1.50 bits per heavy atom. The third kappa shape index (κ3) is 11.0. The van der Waals surface area contributed by atoms with Crippen LogP contribution in [0.25, 0.3) is 0 Å². The van der Waals surface area contributed by atoms with Crippen LogP contribution in [0.3, 0.4) is 0 Å². The van der Waals surface area contributed by atoms with Gasteiger partial charge in [0.1, 0.15) is 29.7 Å². The summed E-state index contributed by atoms with van der Waals surface area (Å²) in [4.78, 5) is 15.8. The van der Waals surface area contributed by atoms with Crippen LogP contribution in [0.2, 0.25) is 18.1 Å². The average Bonchev–Trinajstić information content (AvgIpc) is 3.10. The molecule has 1 saturated heterocycles. The van der Waals surface area contributed by atoms with Crippen LogP contribution >= 0.6 is 0 Å². The number of β-lactam (4-membered cyclic amide) rings is 1. The topological polar surface area (TPSA) is 147 Å². The molecule has 0 spiro atoms. The second-order valence-corrected chi connectivity index (χ2v) is 20.5. The Hall–Kier alpha value is -4.18. The highest BCUT2D eigenvalue weighted by Crippen LogP contribution is 2.50. The van der Waals surface area contributed by atoms with Gasteiger partial charge in [-0.25, -0.2) is 13.0 Å². The molecule has 0 aromatic heterocycles. The van der Waals surface area contributed by atoms with Gasteiger partial charge in [0.15, 0.2) is 8.32 Å². The van der Waals surface area contributed by atoms with E-state index in [1.165, 1.54) is 24.3 Å². The predicted octanol–water partition coefficient (Wildman–Crippen LogP) is 9.54. The van der Waals surface area contributed by atoms with E-state index in [-0.39, 0.29) is 55.3 Å². The molecule has 1 amide bonds. The van der Waals surface area contributed by atoms with Crippen molar-refractivity contribution in [2.24, 2.45) is 5.92 Å². The smallest absolute Gasteiger partial charge is 0.397 e. The third-order valence-corrected chi connectivity index (χ3v) is 14.8. The number of rotatable bonds is 17. The van der Waals surface area contributed by atoms with E-state index in [4.69, 9.17) is 18.5 Å². The Morgan fingerprint density at radius 1 is 0.870 bits per heavy atom. The minimum absolute atomic E-state index is 0. The van der Waals surface area contributed by atoms with Crippen LogP contribution in [-0.4, -0.2) is 40.4 Å². The van der Waals surface area contributed by atoms with Crippen LogP contribution in [0.15, 0.2) is 97.1 Å². The summed E-state index contributed by atoms with van der Waals surface area (Å²) in [6, 6.07) is 26.6. The van der Waals surface area contributed by atoms with Gasteiger partial charge in [0.05, 0.1) is 31.3 Å². The molecule has 54 heavy (non-hydrogen) atoms. The van der Waals surface area contributed by atoms with Gasteiger partial charge in [0.25, 0.3) is 0 Å². The van der Waals surface area contributed by atoms with Crippen LogP contribution in [0.4, 0.5) is 14.5 Å². The molecule has 3 atom stereocenters. The molecule has 4 N–H and O–H groups in total. The minimum atomic E-state index is -4.55. The molecule has 10 nitrogen and oxygen atoms in total. The molecular formula is C40H50F2N2O8SSi. The quantitative estimate of drug-likeness (QED) is 0.0463. The van der Waals surface area contributed by atoms with Crippen molar-refractivity contribution in [1.29, 1.82) is 0 Å². The Bertz CT molecular complexity index is 1940. The number of carbonyl (C=O) groups excluding carboxylic acids is 1. The molecule has 292 valence electrons. The number of ether oxygens (including phenoxy) is 2. The van der Waals surface area contributed by atoms with E-state index in [2.05, 4.69) is 38.0 Å². The van der Waals surface area contributed by atoms with Gasteiger partial charge in [-0.3, -0.25) is 9.35 Å². The van der Waals surface area contributed by atoms with Gasteiger partial charge in [0, 0.05) is 23.7 Å². The maximum atomic E-state index is 14.1. The van der Waals surface area contributed by atoms with Gasteiger partial charge in [-0.1, -0.05) is 63.2 Å². The zero-order valence-electron chi connectivity index (χ0n) is 31.3. The first-order valence-electron chi connectivity index (χ1n) is 17.6. The first kappa shape index (κ1) is 42.6. The Morgan fingerprint density at radius 3 is 2.11 bits per heavy atom. The van der Waals surface area contributed by atoms with Gasteiger partial charge in [-0.15, -0.1) is 0 Å². The van der Waals surface area contributed by atoms with Gasteiger partial charge in [-0.2, -0.15) is 8.42 Å². The highest BCUT2D eigenvalue weighted by molar-refractivity contribution is 7.80. The summed E-state index contributed by atoms with van der Waals surface area (Å²) >= 11 is 0. The van der Waals surface area contributed by atoms with E-state index >= 15 is 0 Å². The Kier molecular flexibility index (Phi) is 14.2. The van der Waals surface area contributed by atoms with Crippen LogP contribution in [0.5, 0.6) is 11.5 Å². The van der Waals surface area contributed by atoms with Gasteiger partial charge >= 0.3 is 10.4 Å². The number of benzene rings is 4. The van der Waals surface area contributed by atoms with Gasteiger partial charge in [0.2, 0.25) is 5.91 Å². The Labute approximate surface area is 318 Å². The number of hydrogen-bond acceptors (Lipinski definition) is 8. The summed E-state index contributed by atoms with van der Waals surface area (Å²) in [5.74, 6) is -0.462. The minimum Gasteiger partial charge on any atom is -0.493 e. The Balaban J connectivity index is 0.00000650. The maximum Gasteiger partial charge on any atom is 0.397 e. The zero-order chi connectivity index (χ0) is 38.4. The summed E-state index contributed by atoms with van der Waals surface area (Å²) in [6.07, 6.45) is 0.752. The fourth-order valence-electron chi connectivity index (χ4n) is 6.03. The van der Waals surface area contributed by atoms with E-state index in [1.807, 2.05) is 36.4 Å². The number of nitrogens with zero attached hydrogens (tertiary/aromatic N) is 1. The highest BCUT2D eigenvalue weighted by atomic mass is 32.3. The molecule has 5 rings (SSSR count). The molecule has 1 fully saturated rings. The van der Waals surface area contributed by atoms with Gasteiger partial charge < -0.3 is 25.0 Å². The van der Waals surface area contributed by atoms with Gasteiger partial charge in [-0.05, 0) is 90.6 Å². The summed E-state index contributed by atoms with van der Waals surface area (Å²) < 4.78 is 82.3. The van der Waals surface area contributed by atoms with E-state index in [1.54, 1.807) is 41.3 Å². The highest BCUT2D eigenvalue weighted by Gasteiger charge is 2.50. The van der Waals surface area contributed by atoms with E-state index < -0.39 is 36.5 Å². The first-order chi connectivity index (χ1) is 25.0. The molecule has 3 unspecified atom stereocenters. The van der Waals surface area contributed by atoms with Crippen LogP contribution < -0.4 is 20.5 Å². The molecule has 0 aliphatic carbocycles. The normalized spacial score (nSPS) is 16.7. The number of amides is 1. The largest absolute Gasteiger partial charge is 0.493 e. The molecule has 4 aromatic carbocycles. The maximum absolute atomic E-state index is 14.1. The first-order valence-corrected chi connectivity index (χ1v) is 21.9. The van der Waals surface area contributed by atoms with E-state index in [9.17, 15) is 22.0 Å². The standard InChI is InChI=1S/C40H47F2NO8SSi.H3N/c1-40(2,3)53(4,5)51-36(29-12-14-30(41)15-13-29)23-22-35-38(43(39(35)44)32-18-16-31(42)17-19-32)34-21-20-33(48-24-9-25-50-52(45,46)47)26-37(34)49-27-28-10-7-6-8-11-28;/h6-8,10-21,26,35-36,38H,9,22-25,27H2,1-5H3,(H,45,46,47);1H3. The number of carbonyl (C=O) groups is 1. The summed E-state index contributed by atoms with van der Waals surface area (Å²) in [5, 5.41) is -0.0855. The monoisotopic (exact) mass is 784 g/mol. The predicted molar refractivity (Wildman–Crippen MR) is 207 cm³/mol. The fraction of sp³-hybridized carbons (Fsp3) is 0.375. The lowest BCUT2D eigenvalue weighted by Crippen LogP contribution is -2.55. The molecule has 0 saturated carbocycles. The summed E-state index contributed by atoms with van der Waals surface area (Å²) in [5.41, 5.74) is 3.03. The van der Waals surface area contributed by atoms with Crippen LogP contribution in [-0.2, 0) is 30.4 Å². The van der Waals surface area contributed by atoms with Crippen molar-refractivity contribution < 1.29 is 44.6 Å². The van der Waals surface area contributed by atoms with Crippen molar-refractivity contribution in [1.82, 2.24) is 6.15 Å². The molecule has 4 aromatic rings. The van der Waals surface area contributed by atoms with Crippen LogP contribution in [0, 0.1) is 17.6 Å². The summed E-state index contributed by atoms with van der Waals surface area (Å²) in [7, 11) is -6.85. The SMILES string of the molecule is CC(C)(C)[Si](C)(C)OC(CCC1C(=O)N(c2ccc(F)cc2)C1c1ccc(OCCCOS(=O)(=O)O)cc1OCc1ccccc1)c1ccc(F)cc1.N. The van der Waals surface area contributed by atoms with Crippen LogP contribution in [0.1, 0.15) is 68.9 Å². The summed E-state index contributed by atoms with van der Waals surface area (Å²) in [6.45, 7) is 10.9. The zero-order valence-corrected chi connectivity index (χ0v) is 33.2. The number of halogens is 2. The average molecular weight is 785 g/mol. The van der Waals surface area contributed by atoms with E-state index in [0.29, 0.717) is 30.0 Å². The molecule has 0 radical (unpaired) electrons. The lowest BCUT2D eigenvalue weighted by molar-refractivity contribution is -0.131. The van der Waals surface area contributed by atoms with Crippen molar-refractivity contribution in [3.63, 3.8) is 0 Å². The fourth-order valence-corrected chi connectivity index (χ4v) is 7.68. The van der Waals surface area contributed by atoms with Crippen molar-refractivity contribution in [2.75, 3.05) is 18.1 Å². The molecule has 1 heterocycles. The number of hydrogen-bond donors (Lipinski definition) is 2.